The average Bonchev–Trinajstić information content (AvgIpc) is 3.16. The van der Waals surface area contributed by atoms with Gasteiger partial charge >= 0.3 is 6.09 Å². The minimum Gasteiger partial charge on any atom is -0.465 e. The molecule has 2 fully saturated rings. The van der Waals surface area contributed by atoms with Gasteiger partial charge in [0.05, 0.1) is 0 Å². The van der Waals surface area contributed by atoms with E-state index in [1.54, 1.807) is 12.4 Å². The highest BCUT2D eigenvalue weighted by atomic mass is 35.5. The maximum absolute atomic E-state index is 13.4. The summed E-state index contributed by atoms with van der Waals surface area (Å²) in [5.74, 6) is 0.948. The number of carbonyl (C=O) groups is 1. The summed E-state index contributed by atoms with van der Waals surface area (Å²) in [5.41, 5.74) is 1.21. The van der Waals surface area contributed by atoms with Gasteiger partial charge in [-0.15, -0.1) is 0 Å². The Kier molecular flexibility index (Phi) is 4.40. The topological polar surface area (TPSA) is 78.4 Å². The third kappa shape index (κ3) is 3.31. The molecule has 2 heterocycles. The second-order valence-electron chi connectivity index (χ2n) is 6.94. The van der Waals surface area contributed by atoms with E-state index in [-0.39, 0.29) is 11.9 Å². The molecule has 2 aliphatic rings. The van der Waals surface area contributed by atoms with Crippen LogP contribution in [0, 0.1) is 17.7 Å². The Hall–Kier alpha value is -2.41. The van der Waals surface area contributed by atoms with Gasteiger partial charge in [0, 0.05) is 47.7 Å². The molecule has 0 radical (unpaired) electrons. The van der Waals surface area contributed by atoms with Gasteiger partial charge < -0.3 is 15.3 Å². The standard InChI is InChI=1S/C18H18ClFN4O2/c19-16-2-1-13(20)5-15(16)12-6-21-17(22-7-12)23-14-3-10-8-24(18(25)26)9-11(10)4-14/h1-2,5-7,10-11,14H,3-4,8-9H2,(H,25,26)(H,21,22,23)/t10-,11+,14-. The Bertz CT molecular complexity index is 818. The number of aromatic nitrogens is 2. The molecule has 1 aromatic carbocycles. The molecule has 1 amide bonds. The quantitative estimate of drug-likeness (QED) is 0.853. The average molecular weight is 377 g/mol. The summed E-state index contributed by atoms with van der Waals surface area (Å²) in [5, 5.41) is 12.9. The number of halogens is 2. The Morgan fingerprint density at radius 1 is 1.23 bits per heavy atom. The van der Waals surface area contributed by atoms with Crippen molar-refractivity contribution in [2.24, 2.45) is 11.8 Å². The number of nitrogens with zero attached hydrogens (tertiary/aromatic N) is 3. The van der Waals surface area contributed by atoms with E-state index in [0.29, 0.717) is 47.0 Å². The minimum absolute atomic E-state index is 0.240. The zero-order valence-corrected chi connectivity index (χ0v) is 14.7. The predicted octanol–water partition coefficient (Wildman–Crippen LogP) is 3.74. The van der Waals surface area contributed by atoms with E-state index < -0.39 is 6.09 Å². The first-order valence-corrected chi connectivity index (χ1v) is 8.89. The van der Waals surface area contributed by atoms with Crippen LogP contribution in [0.4, 0.5) is 15.1 Å². The number of rotatable bonds is 3. The number of anilines is 1. The van der Waals surface area contributed by atoms with E-state index in [1.807, 2.05) is 0 Å². The minimum atomic E-state index is -0.834. The van der Waals surface area contributed by atoms with Crippen molar-refractivity contribution in [1.29, 1.82) is 0 Å². The summed E-state index contributed by atoms with van der Waals surface area (Å²) < 4.78 is 13.4. The second kappa shape index (κ2) is 6.72. The zero-order valence-electron chi connectivity index (χ0n) is 13.9. The highest BCUT2D eigenvalue weighted by Crippen LogP contribution is 2.39. The lowest BCUT2D eigenvalue weighted by Crippen LogP contribution is -2.29. The number of hydrogen-bond acceptors (Lipinski definition) is 4. The molecule has 26 heavy (non-hydrogen) atoms. The van der Waals surface area contributed by atoms with Gasteiger partial charge in [-0.25, -0.2) is 19.2 Å². The molecule has 1 aromatic heterocycles. The molecular weight excluding hydrogens is 359 g/mol. The number of likely N-dealkylation sites (tertiary alicyclic amines) is 1. The van der Waals surface area contributed by atoms with Crippen LogP contribution in [0.25, 0.3) is 11.1 Å². The molecule has 0 spiro atoms. The lowest BCUT2D eigenvalue weighted by atomic mass is 10.0. The first kappa shape index (κ1) is 17.0. The Balaban J connectivity index is 1.40. The molecule has 1 saturated heterocycles. The van der Waals surface area contributed by atoms with Crippen molar-refractivity contribution in [2.75, 3.05) is 18.4 Å². The highest BCUT2D eigenvalue weighted by molar-refractivity contribution is 6.33. The Labute approximate surface area is 155 Å². The SMILES string of the molecule is O=C(O)N1C[C@H]2C[C@@H](Nc3ncc(-c4cc(F)ccc4Cl)cn3)C[C@H]2C1. The zero-order chi connectivity index (χ0) is 18.3. The molecule has 1 saturated carbocycles. The maximum Gasteiger partial charge on any atom is 0.407 e. The molecule has 136 valence electrons. The Morgan fingerprint density at radius 3 is 2.50 bits per heavy atom. The van der Waals surface area contributed by atoms with Crippen LogP contribution in [0.3, 0.4) is 0 Å². The van der Waals surface area contributed by atoms with Gasteiger partial charge in [-0.1, -0.05) is 11.6 Å². The first-order chi connectivity index (χ1) is 12.5. The van der Waals surface area contributed by atoms with Crippen molar-refractivity contribution in [3.8, 4) is 11.1 Å². The van der Waals surface area contributed by atoms with Crippen molar-refractivity contribution in [3.63, 3.8) is 0 Å². The monoisotopic (exact) mass is 376 g/mol. The number of amides is 1. The molecule has 0 bridgehead atoms. The van der Waals surface area contributed by atoms with Crippen molar-refractivity contribution < 1.29 is 14.3 Å². The summed E-state index contributed by atoms with van der Waals surface area (Å²) in [4.78, 5) is 21.2. The van der Waals surface area contributed by atoms with Gasteiger partial charge in [0.1, 0.15) is 5.82 Å². The smallest absolute Gasteiger partial charge is 0.407 e. The molecule has 0 unspecified atom stereocenters. The van der Waals surface area contributed by atoms with Crippen LogP contribution in [-0.4, -0.2) is 45.2 Å². The van der Waals surface area contributed by atoms with E-state index in [2.05, 4.69) is 15.3 Å². The van der Waals surface area contributed by atoms with Gasteiger partial charge in [-0.3, -0.25) is 0 Å². The second-order valence-corrected chi connectivity index (χ2v) is 7.35. The van der Waals surface area contributed by atoms with E-state index >= 15 is 0 Å². The van der Waals surface area contributed by atoms with Gasteiger partial charge in [0.2, 0.25) is 5.95 Å². The van der Waals surface area contributed by atoms with Crippen LogP contribution in [0.15, 0.2) is 30.6 Å². The van der Waals surface area contributed by atoms with Crippen LogP contribution in [-0.2, 0) is 0 Å². The first-order valence-electron chi connectivity index (χ1n) is 8.51. The summed E-state index contributed by atoms with van der Waals surface area (Å²) in [7, 11) is 0. The fourth-order valence-electron chi connectivity index (χ4n) is 4.02. The largest absolute Gasteiger partial charge is 0.465 e. The lowest BCUT2D eigenvalue weighted by molar-refractivity contribution is 0.152. The van der Waals surface area contributed by atoms with Gasteiger partial charge in [0.15, 0.2) is 0 Å². The molecule has 3 atom stereocenters. The van der Waals surface area contributed by atoms with Gasteiger partial charge in [0.25, 0.3) is 0 Å². The van der Waals surface area contributed by atoms with E-state index in [1.165, 1.54) is 23.1 Å². The summed E-state index contributed by atoms with van der Waals surface area (Å²) >= 11 is 6.11. The summed E-state index contributed by atoms with van der Waals surface area (Å²) in [6.45, 7) is 1.21. The van der Waals surface area contributed by atoms with Crippen LogP contribution in [0.1, 0.15) is 12.8 Å². The Morgan fingerprint density at radius 2 is 1.88 bits per heavy atom. The molecule has 2 aromatic rings. The molecule has 2 N–H and O–H groups in total. The van der Waals surface area contributed by atoms with Gasteiger partial charge in [-0.05, 0) is 42.9 Å². The third-order valence-corrected chi connectivity index (χ3v) is 5.58. The number of carboxylic acid groups (broad SMARTS) is 1. The lowest BCUT2D eigenvalue weighted by Gasteiger charge is -2.17. The normalized spacial score (nSPS) is 24.5. The van der Waals surface area contributed by atoms with Crippen LogP contribution in [0.5, 0.6) is 0 Å². The molecule has 1 aliphatic carbocycles. The fourth-order valence-corrected chi connectivity index (χ4v) is 4.24. The number of fused-ring (bicyclic) bond motifs is 1. The van der Waals surface area contributed by atoms with Crippen LogP contribution in [0.2, 0.25) is 5.02 Å². The molecule has 6 nitrogen and oxygen atoms in total. The summed E-state index contributed by atoms with van der Waals surface area (Å²) in [6, 6.07) is 4.42. The van der Waals surface area contributed by atoms with Crippen LogP contribution >= 0.6 is 11.6 Å². The number of hydrogen-bond donors (Lipinski definition) is 2. The molecule has 8 heteroatoms. The molecular formula is C18H18ClFN4O2. The van der Waals surface area contributed by atoms with E-state index in [4.69, 9.17) is 16.7 Å². The van der Waals surface area contributed by atoms with Crippen molar-refractivity contribution in [1.82, 2.24) is 14.9 Å². The van der Waals surface area contributed by atoms with Crippen molar-refractivity contribution >= 4 is 23.6 Å². The molecule has 4 rings (SSSR count). The number of nitrogens with one attached hydrogen (secondary N) is 1. The predicted molar refractivity (Wildman–Crippen MR) is 95.7 cm³/mol. The maximum atomic E-state index is 13.4. The van der Waals surface area contributed by atoms with Crippen molar-refractivity contribution in [3.05, 3.63) is 41.4 Å². The third-order valence-electron chi connectivity index (χ3n) is 5.25. The number of benzene rings is 1. The summed E-state index contributed by atoms with van der Waals surface area (Å²) in [6.07, 6.45) is 4.24. The van der Waals surface area contributed by atoms with Gasteiger partial charge in [-0.2, -0.15) is 0 Å². The highest BCUT2D eigenvalue weighted by Gasteiger charge is 2.42. The van der Waals surface area contributed by atoms with E-state index in [9.17, 15) is 9.18 Å². The van der Waals surface area contributed by atoms with Crippen molar-refractivity contribution in [2.45, 2.75) is 18.9 Å². The van der Waals surface area contributed by atoms with Crippen LogP contribution < -0.4 is 5.32 Å². The fraction of sp³-hybridized carbons (Fsp3) is 0.389. The van der Waals surface area contributed by atoms with E-state index in [0.717, 1.165) is 12.8 Å². The molecule has 1 aliphatic heterocycles.